The van der Waals surface area contributed by atoms with E-state index in [2.05, 4.69) is 10.6 Å². The average Bonchev–Trinajstić information content (AvgIpc) is 2.72. The summed E-state index contributed by atoms with van der Waals surface area (Å²) in [4.78, 5) is 25.3. The van der Waals surface area contributed by atoms with Crippen LogP contribution in [0.15, 0.2) is 72.8 Å². The molecule has 2 amide bonds. The van der Waals surface area contributed by atoms with E-state index >= 15 is 0 Å². The molecule has 3 aromatic rings. The third-order valence-electron chi connectivity index (χ3n) is 5.20. The molecule has 146 valence electrons. The van der Waals surface area contributed by atoms with Gasteiger partial charge < -0.3 is 10.6 Å². The maximum atomic E-state index is 13.6. The highest BCUT2D eigenvalue weighted by Crippen LogP contribution is 2.34. The van der Waals surface area contributed by atoms with Crippen molar-refractivity contribution in [1.82, 2.24) is 5.32 Å². The molecule has 0 aliphatic carbocycles. The summed E-state index contributed by atoms with van der Waals surface area (Å²) in [6.45, 7) is 2.01. The number of rotatable bonds is 4. The Morgan fingerprint density at radius 1 is 1.03 bits per heavy atom. The van der Waals surface area contributed by atoms with Gasteiger partial charge in [0.05, 0.1) is 12.0 Å². The minimum Gasteiger partial charge on any atom is -0.345 e. The molecule has 1 aliphatic rings. The highest BCUT2D eigenvalue weighted by Gasteiger charge is 2.32. The first-order valence-corrected chi connectivity index (χ1v) is 9.52. The summed E-state index contributed by atoms with van der Waals surface area (Å²) in [5, 5.41) is 5.75. The van der Waals surface area contributed by atoms with Crippen molar-refractivity contribution in [2.75, 3.05) is 5.32 Å². The molecule has 29 heavy (non-hydrogen) atoms. The van der Waals surface area contributed by atoms with Crippen LogP contribution in [-0.2, 0) is 9.59 Å². The molecule has 0 radical (unpaired) electrons. The van der Waals surface area contributed by atoms with Crippen LogP contribution in [0.2, 0.25) is 0 Å². The normalized spacial score (nSPS) is 16.5. The second-order valence-electron chi connectivity index (χ2n) is 7.30. The van der Waals surface area contributed by atoms with Crippen molar-refractivity contribution in [3.8, 4) is 0 Å². The molecule has 0 aromatic heterocycles. The molecular formula is C24H21FN2O2. The Hall–Kier alpha value is -3.47. The zero-order valence-corrected chi connectivity index (χ0v) is 16.0. The van der Waals surface area contributed by atoms with E-state index in [0.717, 1.165) is 16.7 Å². The van der Waals surface area contributed by atoms with Crippen LogP contribution in [-0.4, -0.2) is 11.8 Å². The van der Waals surface area contributed by atoms with Crippen molar-refractivity contribution in [1.29, 1.82) is 0 Å². The fourth-order valence-corrected chi connectivity index (χ4v) is 3.68. The smallest absolute Gasteiger partial charge is 0.228 e. The number of carbonyl (C=O) groups is 2. The van der Waals surface area contributed by atoms with Gasteiger partial charge in [-0.2, -0.15) is 0 Å². The Morgan fingerprint density at radius 2 is 1.72 bits per heavy atom. The first-order chi connectivity index (χ1) is 14.0. The topological polar surface area (TPSA) is 58.2 Å². The Balaban J connectivity index is 1.67. The van der Waals surface area contributed by atoms with Crippen LogP contribution in [0.5, 0.6) is 0 Å². The number of amides is 2. The molecule has 0 saturated heterocycles. The summed E-state index contributed by atoms with van der Waals surface area (Å²) in [5.41, 5.74) is 4.01. The number of carbonyl (C=O) groups excluding carboxylic acids is 2. The molecule has 5 heteroatoms. The minimum atomic E-state index is -0.670. The highest BCUT2D eigenvalue weighted by molar-refractivity contribution is 6.01. The number of benzene rings is 3. The van der Waals surface area contributed by atoms with Crippen LogP contribution >= 0.6 is 0 Å². The van der Waals surface area contributed by atoms with Crippen molar-refractivity contribution < 1.29 is 14.0 Å². The largest absolute Gasteiger partial charge is 0.345 e. The summed E-state index contributed by atoms with van der Waals surface area (Å²) in [6.07, 6.45) is 0.0277. The summed E-state index contributed by atoms with van der Waals surface area (Å²) in [6, 6.07) is 21.5. The Bertz CT molecular complexity index is 1050. The fourth-order valence-electron chi connectivity index (χ4n) is 3.68. The standard InChI is InChI=1S/C24H21FN2O2/c1-15-7-9-17(10-8-15)23(16-5-3-2-4-6-16)27-24(29)20-14-22(28)26-21-13-18(25)11-12-19(20)21/h2-13,20,23H,14H2,1H3,(H,26,28)(H,27,29). The number of fused-ring (bicyclic) bond motifs is 1. The number of hydrogen-bond donors (Lipinski definition) is 2. The van der Waals surface area contributed by atoms with Crippen LogP contribution in [0.3, 0.4) is 0 Å². The molecular weight excluding hydrogens is 367 g/mol. The third-order valence-corrected chi connectivity index (χ3v) is 5.20. The van der Waals surface area contributed by atoms with Crippen LogP contribution in [0, 0.1) is 12.7 Å². The molecule has 2 atom stereocenters. The van der Waals surface area contributed by atoms with Gasteiger partial charge in [0, 0.05) is 12.1 Å². The van der Waals surface area contributed by atoms with Crippen LogP contribution in [0.4, 0.5) is 10.1 Å². The van der Waals surface area contributed by atoms with Crippen LogP contribution in [0.1, 0.15) is 40.6 Å². The molecule has 2 unspecified atom stereocenters. The lowest BCUT2D eigenvalue weighted by molar-refractivity contribution is -0.126. The lowest BCUT2D eigenvalue weighted by Crippen LogP contribution is -2.37. The van der Waals surface area contributed by atoms with Gasteiger partial charge in [0.1, 0.15) is 5.82 Å². The van der Waals surface area contributed by atoms with Crippen LogP contribution < -0.4 is 10.6 Å². The van der Waals surface area contributed by atoms with Crippen molar-refractivity contribution in [3.63, 3.8) is 0 Å². The molecule has 0 bridgehead atoms. The van der Waals surface area contributed by atoms with Crippen molar-refractivity contribution in [2.45, 2.75) is 25.3 Å². The maximum Gasteiger partial charge on any atom is 0.228 e. The van der Waals surface area contributed by atoms with Gasteiger partial charge in [-0.25, -0.2) is 4.39 Å². The molecule has 0 saturated carbocycles. The first-order valence-electron chi connectivity index (χ1n) is 9.52. The van der Waals surface area contributed by atoms with E-state index in [4.69, 9.17) is 0 Å². The molecule has 1 aliphatic heterocycles. The Morgan fingerprint density at radius 3 is 2.45 bits per heavy atom. The van der Waals surface area contributed by atoms with Crippen LogP contribution in [0.25, 0.3) is 0 Å². The lowest BCUT2D eigenvalue weighted by Gasteiger charge is -2.27. The van der Waals surface area contributed by atoms with Gasteiger partial charge in [0.25, 0.3) is 0 Å². The predicted octanol–water partition coefficient (Wildman–Crippen LogP) is 4.47. The number of nitrogens with one attached hydrogen (secondary N) is 2. The van der Waals surface area contributed by atoms with E-state index in [1.807, 2.05) is 61.5 Å². The third kappa shape index (κ3) is 4.04. The summed E-state index contributed by atoms with van der Waals surface area (Å²) in [7, 11) is 0. The quantitative estimate of drug-likeness (QED) is 0.693. The van der Waals surface area contributed by atoms with Crippen molar-refractivity contribution in [2.24, 2.45) is 0 Å². The summed E-state index contributed by atoms with van der Waals surface area (Å²) >= 11 is 0. The van der Waals surface area contributed by atoms with Crippen molar-refractivity contribution >= 4 is 17.5 Å². The van der Waals surface area contributed by atoms with Gasteiger partial charge in [0.2, 0.25) is 11.8 Å². The molecule has 3 aromatic carbocycles. The highest BCUT2D eigenvalue weighted by atomic mass is 19.1. The monoisotopic (exact) mass is 388 g/mol. The average molecular weight is 388 g/mol. The van der Waals surface area contributed by atoms with E-state index in [1.54, 1.807) is 6.07 Å². The van der Waals surface area contributed by atoms with Gasteiger partial charge in [-0.1, -0.05) is 66.2 Å². The van der Waals surface area contributed by atoms with E-state index in [0.29, 0.717) is 11.3 Å². The number of hydrogen-bond acceptors (Lipinski definition) is 2. The zero-order valence-electron chi connectivity index (χ0n) is 16.0. The van der Waals surface area contributed by atoms with Gasteiger partial charge in [0.15, 0.2) is 0 Å². The second kappa shape index (κ2) is 7.87. The molecule has 1 heterocycles. The Kier molecular flexibility index (Phi) is 5.12. The molecule has 0 spiro atoms. The SMILES string of the molecule is Cc1ccc(C(NC(=O)C2CC(=O)Nc3cc(F)ccc32)c2ccccc2)cc1. The lowest BCUT2D eigenvalue weighted by atomic mass is 9.88. The van der Waals surface area contributed by atoms with Crippen molar-refractivity contribution in [3.05, 3.63) is 101 Å². The Labute approximate surface area is 168 Å². The molecule has 4 nitrogen and oxygen atoms in total. The van der Waals surface area contributed by atoms with E-state index in [1.165, 1.54) is 12.1 Å². The fraction of sp³-hybridized carbons (Fsp3) is 0.167. The van der Waals surface area contributed by atoms with Gasteiger partial charge >= 0.3 is 0 Å². The van der Waals surface area contributed by atoms with Gasteiger partial charge in [-0.3, -0.25) is 9.59 Å². The minimum absolute atomic E-state index is 0.0277. The maximum absolute atomic E-state index is 13.6. The number of aryl methyl sites for hydroxylation is 1. The summed E-state index contributed by atoms with van der Waals surface area (Å²) in [5.74, 6) is -1.68. The number of anilines is 1. The zero-order chi connectivity index (χ0) is 20.4. The molecule has 2 N–H and O–H groups in total. The summed E-state index contributed by atoms with van der Waals surface area (Å²) < 4.78 is 13.6. The second-order valence-corrected chi connectivity index (χ2v) is 7.30. The first kappa shape index (κ1) is 18.9. The predicted molar refractivity (Wildman–Crippen MR) is 110 cm³/mol. The van der Waals surface area contributed by atoms with Gasteiger partial charge in [-0.15, -0.1) is 0 Å². The molecule has 4 rings (SSSR count). The van der Waals surface area contributed by atoms with E-state index in [-0.39, 0.29) is 24.3 Å². The van der Waals surface area contributed by atoms with Gasteiger partial charge in [-0.05, 0) is 35.7 Å². The molecule has 0 fully saturated rings. The van der Waals surface area contributed by atoms with E-state index < -0.39 is 11.7 Å². The van der Waals surface area contributed by atoms with E-state index in [9.17, 15) is 14.0 Å². The number of halogens is 1.